The molecule has 0 unspecified atom stereocenters. The van der Waals surface area contributed by atoms with E-state index in [2.05, 4.69) is 9.97 Å². The Kier molecular flexibility index (Phi) is 7.34. The van der Waals surface area contributed by atoms with Crippen molar-refractivity contribution in [2.75, 3.05) is 19.7 Å². The summed E-state index contributed by atoms with van der Waals surface area (Å²) in [6.45, 7) is 0.447. The number of halogens is 1. The molecule has 0 radical (unpaired) electrons. The maximum Gasteiger partial charge on any atom is 0.410 e. The van der Waals surface area contributed by atoms with E-state index in [4.69, 9.17) is 9.47 Å². The maximum absolute atomic E-state index is 14.4. The van der Waals surface area contributed by atoms with Gasteiger partial charge in [-0.3, -0.25) is 0 Å². The minimum Gasteiger partial charge on any atom is -0.460 e. The smallest absolute Gasteiger partial charge is 0.410 e. The summed E-state index contributed by atoms with van der Waals surface area (Å²) in [6.07, 6.45) is 3.09. The highest BCUT2D eigenvalue weighted by Crippen LogP contribution is 2.26. The topological polar surface area (TPSA) is 105 Å². The van der Waals surface area contributed by atoms with Crippen LogP contribution in [0.1, 0.15) is 24.0 Å². The Labute approximate surface area is 196 Å². The lowest BCUT2D eigenvalue weighted by Gasteiger charge is -2.37. The molecular weight excluding hydrogens is 441 g/mol. The molecule has 9 heteroatoms. The number of aliphatic hydroxyl groups excluding tert-OH is 1. The first-order valence-corrected chi connectivity index (χ1v) is 11.0. The fraction of sp³-hybridized carbons (Fsp3) is 0.320. The average Bonchev–Trinajstić information content (AvgIpc) is 2.88. The number of piperidine rings is 1. The summed E-state index contributed by atoms with van der Waals surface area (Å²) in [5.41, 5.74) is 0.701. The molecule has 4 rings (SSSR count). The van der Waals surface area contributed by atoms with Crippen LogP contribution in [0.4, 0.5) is 9.18 Å². The van der Waals surface area contributed by atoms with Crippen molar-refractivity contribution in [1.82, 2.24) is 14.9 Å². The number of carbonyl (C=O) groups is 1. The highest BCUT2D eigenvalue weighted by molar-refractivity contribution is 5.67. The third-order valence-electron chi connectivity index (χ3n) is 5.82. The Hall–Kier alpha value is -3.56. The Morgan fingerprint density at radius 2 is 1.76 bits per heavy atom. The molecular formula is C25H26FN3O5. The Morgan fingerprint density at radius 1 is 1.06 bits per heavy atom. The zero-order valence-electron chi connectivity index (χ0n) is 18.6. The monoisotopic (exact) mass is 467 g/mol. The number of rotatable bonds is 7. The maximum atomic E-state index is 14.4. The van der Waals surface area contributed by atoms with Gasteiger partial charge in [-0.25, -0.2) is 19.2 Å². The predicted molar refractivity (Wildman–Crippen MR) is 121 cm³/mol. The van der Waals surface area contributed by atoms with Gasteiger partial charge >= 0.3 is 12.1 Å². The third-order valence-corrected chi connectivity index (χ3v) is 5.82. The number of amides is 1. The molecule has 0 atom stereocenters. The van der Waals surface area contributed by atoms with Crippen molar-refractivity contribution in [2.45, 2.75) is 31.7 Å². The molecule has 34 heavy (non-hydrogen) atoms. The van der Waals surface area contributed by atoms with E-state index < -0.39 is 24.1 Å². The van der Waals surface area contributed by atoms with Gasteiger partial charge in [0.2, 0.25) is 0 Å². The molecule has 2 N–H and O–H groups in total. The van der Waals surface area contributed by atoms with E-state index in [1.807, 2.05) is 30.3 Å². The zero-order valence-corrected chi connectivity index (χ0v) is 18.6. The van der Waals surface area contributed by atoms with E-state index in [9.17, 15) is 19.4 Å². The minimum atomic E-state index is -1.13. The molecule has 0 spiro atoms. The summed E-state index contributed by atoms with van der Waals surface area (Å²) in [4.78, 5) is 22.1. The summed E-state index contributed by atoms with van der Waals surface area (Å²) in [7, 11) is 0. The molecule has 3 aromatic rings. The van der Waals surface area contributed by atoms with Crippen LogP contribution in [0.25, 0.3) is 11.1 Å². The van der Waals surface area contributed by atoms with E-state index in [1.54, 1.807) is 17.0 Å². The van der Waals surface area contributed by atoms with E-state index >= 15 is 0 Å². The van der Waals surface area contributed by atoms with Crippen molar-refractivity contribution in [1.29, 1.82) is 0 Å². The van der Waals surface area contributed by atoms with Crippen LogP contribution in [0.3, 0.4) is 0 Å². The van der Waals surface area contributed by atoms with Gasteiger partial charge in [-0.2, -0.15) is 0 Å². The number of carbonyl (C=O) groups excluding carboxylic acids is 1. The van der Waals surface area contributed by atoms with Gasteiger partial charge in [-0.05, 0) is 18.4 Å². The first-order chi connectivity index (χ1) is 16.5. The van der Waals surface area contributed by atoms with Crippen molar-refractivity contribution in [2.24, 2.45) is 0 Å². The second-order valence-corrected chi connectivity index (χ2v) is 8.23. The Bertz CT molecular complexity index is 1100. The number of benzene rings is 2. The van der Waals surface area contributed by atoms with Gasteiger partial charge in [-0.15, -0.1) is 0 Å². The molecule has 8 nitrogen and oxygen atoms in total. The number of likely N-dealkylation sites (tertiary alicyclic amines) is 1. The molecule has 2 heterocycles. The minimum absolute atomic E-state index is 0.0341. The molecule has 0 bridgehead atoms. The van der Waals surface area contributed by atoms with Gasteiger partial charge in [0, 0.05) is 42.2 Å². The number of hydrogen-bond acceptors (Lipinski definition) is 7. The molecule has 0 aliphatic carbocycles. The first-order valence-electron chi connectivity index (χ1n) is 11.0. The van der Waals surface area contributed by atoms with Gasteiger partial charge in [0.15, 0.2) is 0 Å². The molecule has 1 amide bonds. The fourth-order valence-electron chi connectivity index (χ4n) is 3.71. The lowest BCUT2D eigenvalue weighted by atomic mass is 9.92. The molecule has 0 saturated carbocycles. The van der Waals surface area contributed by atoms with Crippen LogP contribution in [0.15, 0.2) is 60.9 Å². The van der Waals surface area contributed by atoms with E-state index in [0.29, 0.717) is 31.5 Å². The number of nitrogens with zero attached hydrogens (tertiary/aromatic N) is 3. The Morgan fingerprint density at radius 3 is 2.44 bits per heavy atom. The fourth-order valence-corrected chi connectivity index (χ4v) is 3.71. The van der Waals surface area contributed by atoms with Crippen LogP contribution in [0.2, 0.25) is 0 Å². The van der Waals surface area contributed by atoms with Gasteiger partial charge in [0.1, 0.15) is 24.6 Å². The molecule has 1 aliphatic heterocycles. The van der Waals surface area contributed by atoms with Crippen LogP contribution in [-0.2, 0) is 18.0 Å². The average molecular weight is 467 g/mol. The van der Waals surface area contributed by atoms with Crippen LogP contribution < -0.4 is 4.74 Å². The van der Waals surface area contributed by atoms with Gasteiger partial charge in [0.25, 0.3) is 0 Å². The molecule has 1 aromatic heterocycles. The van der Waals surface area contributed by atoms with E-state index in [-0.39, 0.29) is 30.4 Å². The van der Waals surface area contributed by atoms with Crippen LogP contribution in [-0.4, -0.2) is 56.5 Å². The first kappa shape index (κ1) is 23.6. The van der Waals surface area contributed by atoms with Crippen LogP contribution in [0.5, 0.6) is 6.01 Å². The van der Waals surface area contributed by atoms with Crippen molar-refractivity contribution in [3.8, 4) is 17.1 Å². The van der Waals surface area contributed by atoms with E-state index in [1.165, 1.54) is 18.5 Å². The van der Waals surface area contributed by atoms with Crippen molar-refractivity contribution >= 4 is 6.09 Å². The van der Waals surface area contributed by atoms with Crippen molar-refractivity contribution < 1.29 is 28.9 Å². The van der Waals surface area contributed by atoms with Gasteiger partial charge in [0.05, 0.1) is 6.61 Å². The molecule has 1 fully saturated rings. The third kappa shape index (κ3) is 5.67. The summed E-state index contributed by atoms with van der Waals surface area (Å²) >= 11 is 0. The highest BCUT2D eigenvalue weighted by Gasteiger charge is 2.35. The number of aromatic nitrogens is 2. The van der Waals surface area contributed by atoms with Gasteiger partial charge < -0.3 is 24.6 Å². The highest BCUT2D eigenvalue weighted by atomic mass is 19.1. The lowest BCUT2D eigenvalue weighted by Crippen LogP contribution is -2.49. The Balaban J connectivity index is 1.27. The van der Waals surface area contributed by atoms with Crippen molar-refractivity contribution in [3.63, 3.8) is 0 Å². The summed E-state index contributed by atoms with van der Waals surface area (Å²) in [5.74, 6) is -0.523. The summed E-state index contributed by atoms with van der Waals surface area (Å²) < 4.78 is 25.3. The number of ether oxygens (including phenoxy) is 2. The number of aliphatic hydroxyl groups is 2. The predicted octanol–water partition coefficient (Wildman–Crippen LogP) is 3.32. The largest absolute Gasteiger partial charge is 0.460 e. The second-order valence-electron chi connectivity index (χ2n) is 8.23. The standard InChI is InChI=1S/C25H26FN3O5/c26-22-19(15-30)7-4-8-21(22)20-13-27-23(28-14-20)34-17-25(32)9-11-29(12-10-25)24(31)33-16-18-5-2-1-3-6-18/h1-8,13-14,30,32H,9-12,15-17H2. The van der Waals surface area contributed by atoms with Crippen LogP contribution >= 0.6 is 0 Å². The number of hydrogen-bond donors (Lipinski definition) is 2. The van der Waals surface area contributed by atoms with Gasteiger partial charge in [-0.1, -0.05) is 48.5 Å². The van der Waals surface area contributed by atoms with Crippen LogP contribution in [0, 0.1) is 5.82 Å². The zero-order chi connectivity index (χ0) is 24.0. The molecule has 178 valence electrons. The summed E-state index contributed by atoms with van der Waals surface area (Å²) in [5, 5.41) is 20.1. The van der Waals surface area contributed by atoms with E-state index in [0.717, 1.165) is 5.56 Å². The normalized spacial score (nSPS) is 15.1. The SMILES string of the molecule is O=C(OCc1ccccc1)N1CCC(O)(COc2ncc(-c3cccc(CO)c3F)cn2)CC1. The molecule has 2 aromatic carbocycles. The lowest BCUT2D eigenvalue weighted by molar-refractivity contribution is -0.0525. The summed E-state index contributed by atoms with van der Waals surface area (Å²) in [6, 6.07) is 14.2. The molecule has 1 aliphatic rings. The molecule has 1 saturated heterocycles. The van der Waals surface area contributed by atoms with Crippen molar-refractivity contribution in [3.05, 3.63) is 77.9 Å². The quantitative estimate of drug-likeness (QED) is 0.549. The second kappa shape index (κ2) is 10.6.